The van der Waals surface area contributed by atoms with Gasteiger partial charge in [0, 0.05) is 23.0 Å². The number of aromatic nitrogens is 2. The molecule has 144 valence electrons. The van der Waals surface area contributed by atoms with Crippen molar-refractivity contribution in [3.8, 4) is 5.88 Å². The number of hydrogen-bond donors (Lipinski definition) is 1. The molecule has 0 saturated carbocycles. The van der Waals surface area contributed by atoms with Gasteiger partial charge < -0.3 is 14.6 Å². The van der Waals surface area contributed by atoms with Crippen molar-refractivity contribution in [3.05, 3.63) is 101 Å². The Hall–Kier alpha value is -3.93. The molecule has 0 spiro atoms. The van der Waals surface area contributed by atoms with Crippen LogP contribution in [0.1, 0.15) is 15.9 Å². The number of nitrogens with one attached hydrogen (secondary N) is 1. The second kappa shape index (κ2) is 7.98. The van der Waals surface area contributed by atoms with E-state index in [2.05, 4.69) is 10.3 Å². The van der Waals surface area contributed by atoms with Crippen LogP contribution in [0.3, 0.4) is 0 Å². The molecular weight excluding hydrogens is 366 g/mol. The van der Waals surface area contributed by atoms with E-state index in [4.69, 9.17) is 4.74 Å². The predicted molar refractivity (Wildman–Crippen MR) is 112 cm³/mol. The largest absolute Gasteiger partial charge is 0.481 e. The van der Waals surface area contributed by atoms with Gasteiger partial charge in [0.15, 0.2) is 0 Å². The Morgan fingerprint density at radius 2 is 1.72 bits per heavy atom. The summed E-state index contributed by atoms with van der Waals surface area (Å²) in [6.45, 7) is 0.384. The Bertz CT molecular complexity index is 1220. The molecule has 0 fully saturated rings. The number of methoxy groups -OCH3 is 1. The average Bonchev–Trinajstić information content (AvgIpc) is 2.77. The van der Waals surface area contributed by atoms with Gasteiger partial charge in [-0.15, -0.1) is 0 Å². The summed E-state index contributed by atoms with van der Waals surface area (Å²) in [6, 6.07) is 20.2. The minimum absolute atomic E-state index is 0.132. The van der Waals surface area contributed by atoms with E-state index >= 15 is 0 Å². The molecule has 0 saturated heterocycles. The first-order valence-corrected chi connectivity index (χ1v) is 9.13. The Kier molecular flexibility index (Phi) is 5.07. The molecule has 0 aliphatic rings. The van der Waals surface area contributed by atoms with Crippen LogP contribution in [0.25, 0.3) is 10.8 Å². The van der Waals surface area contributed by atoms with E-state index in [-0.39, 0.29) is 11.5 Å². The molecule has 2 aromatic heterocycles. The summed E-state index contributed by atoms with van der Waals surface area (Å²) in [6.07, 6.45) is 3.14. The van der Waals surface area contributed by atoms with Gasteiger partial charge in [-0.05, 0) is 17.7 Å². The highest BCUT2D eigenvalue weighted by Gasteiger charge is 2.15. The van der Waals surface area contributed by atoms with E-state index in [1.807, 2.05) is 36.4 Å². The Balaban J connectivity index is 1.74. The van der Waals surface area contributed by atoms with Gasteiger partial charge in [0.05, 0.1) is 31.1 Å². The molecule has 0 aliphatic carbocycles. The maximum atomic E-state index is 13.0. The molecule has 0 unspecified atom stereocenters. The third kappa shape index (κ3) is 3.87. The van der Waals surface area contributed by atoms with Gasteiger partial charge in [0.1, 0.15) is 0 Å². The number of rotatable bonds is 5. The van der Waals surface area contributed by atoms with E-state index in [0.717, 1.165) is 5.56 Å². The van der Waals surface area contributed by atoms with Crippen LogP contribution in [0.15, 0.2) is 83.9 Å². The fourth-order valence-electron chi connectivity index (χ4n) is 3.20. The molecule has 6 heteroatoms. The minimum Gasteiger partial charge on any atom is -0.481 e. The topological polar surface area (TPSA) is 73.2 Å². The van der Waals surface area contributed by atoms with Crippen LogP contribution >= 0.6 is 0 Å². The van der Waals surface area contributed by atoms with E-state index in [1.165, 1.54) is 13.3 Å². The van der Waals surface area contributed by atoms with Crippen LogP contribution in [-0.2, 0) is 6.54 Å². The zero-order valence-electron chi connectivity index (χ0n) is 15.8. The van der Waals surface area contributed by atoms with Crippen molar-refractivity contribution in [3.63, 3.8) is 0 Å². The standard InChI is InChI=1S/C23H19N3O3/c1-29-21-12-11-17(13-24-21)25-22(27)20-15-26(14-16-7-3-2-4-8-16)23(28)19-10-6-5-9-18(19)20/h2-13,15H,14H2,1H3,(H,25,27). The Labute approximate surface area is 167 Å². The molecule has 1 N–H and O–H groups in total. The second-order valence-electron chi connectivity index (χ2n) is 6.55. The molecule has 2 heterocycles. The fraction of sp³-hybridized carbons (Fsp3) is 0.0870. The van der Waals surface area contributed by atoms with E-state index < -0.39 is 0 Å². The van der Waals surface area contributed by atoms with Crippen LogP contribution in [0.5, 0.6) is 5.88 Å². The van der Waals surface area contributed by atoms with Crippen molar-refractivity contribution < 1.29 is 9.53 Å². The van der Waals surface area contributed by atoms with E-state index in [0.29, 0.717) is 34.4 Å². The molecule has 4 rings (SSSR count). The molecule has 29 heavy (non-hydrogen) atoms. The summed E-state index contributed by atoms with van der Waals surface area (Å²) in [5.41, 5.74) is 1.82. The van der Waals surface area contributed by atoms with Gasteiger partial charge in [-0.25, -0.2) is 4.98 Å². The number of ether oxygens (including phenoxy) is 1. The number of carbonyl (C=O) groups is 1. The van der Waals surface area contributed by atoms with Crippen LogP contribution in [0.2, 0.25) is 0 Å². The lowest BCUT2D eigenvalue weighted by Crippen LogP contribution is -2.24. The first kappa shape index (κ1) is 18.4. The SMILES string of the molecule is COc1ccc(NC(=O)c2cn(Cc3ccccc3)c(=O)c3ccccc23)cn1. The average molecular weight is 385 g/mol. The number of hydrogen-bond acceptors (Lipinski definition) is 4. The van der Waals surface area contributed by atoms with E-state index in [1.54, 1.807) is 41.1 Å². The van der Waals surface area contributed by atoms with E-state index in [9.17, 15) is 9.59 Å². The lowest BCUT2D eigenvalue weighted by atomic mass is 10.1. The highest BCUT2D eigenvalue weighted by molar-refractivity contribution is 6.12. The summed E-state index contributed by atoms with van der Waals surface area (Å²) in [7, 11) is 1.53. The summed E-state index contributed by atoms with van der Waals surface area (Å²) in [5, 5.41) is 3.96. The first-order chi connectivity index (χ1) is 14.2. The molecule has 2 aromatic carbocycles. The van der Waals surface area contributed by atoms with Crippen molar-refractivity contribution in [2.75, 3.05) is 12.4 Å². The molecule has 1 amide bonds. The van der Waals surface area contributed by atoms with Crippen molar-refractivity contribution in [1.29, 1.82) is 0 Å². The number of fused-ring (bicyclic) bond motifs is 1. The smallest absolute Gasteiger partial charge is 0.258 e. The lowest BCUT2D eigenvalue weighted by molar-refractivity contribution is 0.102. The van der Waals surface area contributed by atoms with Gasteiger partial charge in [0.25, 0.3) is 11.5 Å². The Morgan fingerprint density at radius 3 is 2.41 bits per heavy atom. The number of carbonyl (C=O) groups excluding carboxylic acids is 1. The summed E-state index contributed by atoms with van der Waals surface area (Å²) >= 11 is 0. The maximum absolute atomic E-state index is 13.0. The Morgan fingerprint density at radius 1 is 1.00 bits per heavy atom. The normalized spacial score (nSPS) is 10.7. The molecule has 0 bridgehead atoms. The molecular formula is C23H19N3O3. The quantitative estimate of drug-likeness (QED) is 0.568. The summed E-state index contributed by atoms with van der Waals surface area (Å²) in [5.74, 6) is 0.153. The van der Waals surface area contributed by atoms with Gasteiger partial charge in [-0.3, -0.25) is 9.59 Å². The van der Waals surface area contributed by atoms with Crippen LogP contribution in [0, 0.1) is 0 Å². The first-order valence-electron chi connectivity index (χ1n) is 9.13. The fourth-order valence-corrected chi connectivity index (χ4v) is 3.20. The number of pyridine rings is 2. The van der Waals surface area contributed by atoms with Crippen molar-refractivity contribution >= 4 is 22.4 Å². The number of amides is 1. The molecule has 4 aromatic rings. The van der Waals surface area contributed by atoms with Gasteiger partial charge >= 0.3 is 0 Å². The summed E-state index contributed by atoms with van der Waals surface area (Å²) in [4.78, 5) is 30.1. The van der Waals surface area contributed by atoms with Crippen LogP contribution in [-0.4, -0.2) is 22.6 Å². The second-order valence-corrected chi connectivity index (χ2v) is 6.55. The van der Waals surface area contributed by atoms with Crippen LogP contribution in [0.4, 0.5) is 5.69 Å². The molecule has 6 nitrogen and oxygen atoms in total. The maximum Gasteiger partial charge on any atom is 0.258 e. The number of anilines is 1. The van der Waals surface area contributed by atoms with Gasteiger partial charge in [0.2, 0.25) is 5.88 Å². The van der Waals surface area contributed by atoms with Gasteiger partial charge in [-0.1, -0.05) is 48.5 Å². The minimum atomic E-state index is -0.310. The third-order valence-electron chi connectivity index (χ3n) is 4.64. The van der Waals surface area contributed by atoms with Crippen molar-refractivity contribution in [1.82, 2.24) is 9.55 Å². The van der Waals surface area contributed by atoms with Gasteiger partial charge in [-0.2, -0.15) is 0 Å². The number of nitrogens with zero attached hydrogens (tertiary/aromatic N) is 2. The monoisotopic (exact) mass is 385 g/mol. The zero-order chi connectivity index (χ0) is 20.2. The van der Waals surface area contributed by atoms with Crippen molar-refractivity contribution in [2.24, 2.45) is 0 Å². The van der Waals surface area contributed by atoms with Crippen LogP contribution < -0.4 is 15.6 Å². The zero-order valence-corrected chi connectivity index (χ0v) is 15.8. The number of benzene rings is 2. The molecule has 0 atom stereocenters. The third-order valence-corrected chi connectivity index (χ3v) is 4.64. The molecule has 0 radical (unpaired) electrons. The van der Waals surface area contributed by atoms with Crippen molar-refractivity contribution in [2.45, 2.75) is 6.54 Å². The summed E-state index contributed by atoms with van der Waals surface area (Å²) < 4.78 is 6.61. The predicted octanol–water partition coefficient (Wildman–Crippen LogP) is 3.71. The molecule has 0 aliphatic heterocycles. The lowest BCUT2D eigenvalue weighted by Gasteiger charge is -2.13. The highest BCUT2D eigenvalue weighted by Crippen LogP contribution is 2.19. The highest BCUT2D eigenvalue weighted by atomic mass is 16.5.